The van der Waals surface area contributed by atoms with Crippen LogP contribution in [0.25, 0.3) is 0 Å². The van der Waals surface area contributed by atoms with Gasteiger partial charge in [0.15, 0.2) is 0 Å². The van der Waals surface area contributed by atoms with Crippen molar-refractivity contribution in [2.24, 2.45) is 0 Å². The smallest absolute Gasteiger partial charge is 0.241 e. The Balaban J connectivity index is 1.98. The van der Waals surface area contributed by atoms with E-state index in [1.807, 2.05) is 24.3 Å². The van der Waals surface area contributed by atoms with Crippen molar-refractivity contribution in [2.45, 2.75) is 6.54 Å². The summed E-state index contributed by atoms with van der Waals surface area (Å²) in [5, 5.41) is 3.14. The number of carbonyl (C=O) groups excluding carboxylic acids is 1. The van der Waals surface area contributed by atoms with Gasteiger partial charge in [0.05, 0.1) is 26.4 Å². The average Bonchev–Trinajstić information content (AvgIpc) is 2.58. The van der Waals surface area contributed by atoms with Crippen molar-refractivity contribution >= 4 is 11.6 Å². The zero-order chi connectivity index (χ0) is 13.5. The fraction of sp³-hybridized carbons (Fsp3) is 0.500. The van der Waals surface area contributed by atoms with Crippen LogP contribution in [0.5, 0.6) is 0 Å². The third kappa shape index (κ3) is 3.76. The van der Waals surface area contributed by atoms with Gasteiger partial charge in [-0.15, -0.1) is 0 Å². The molecule has 0 fully saturated rings. The van der Waals surface area contributed by atoms with E-state index in [2.05, 4.69) is 5.32 Å². The molecule has 5 heteroatoms. The number of ether oxygens (including phenoxy) is 2. The molecular weight excluding hydrogens is 244 g/mol. The molecular formula is C14H20N2O3. The molecule has 1 heterocycles. The number of para-hydroxylation sites is 1. The first-order valence-corrected chi connectivity index (χ1v) is 6.48. The van der Waals surface area contributed by atoms with Gasteiger partial charge in [0.1, 0.15) is 0 Å². The topological polar surface area (TPSA) is 50.8 Å². The summed E-state index contributed by atoms with van der Waals surface area (Å²) in [7, 11) is 1.64. The summed E-state index contributed by atoms with van der Waals surface area (Å²) in [6, 6.07) is 7.97. The normalized spacial score (nSPS) is 15.2. The molecule has 1 aliphatic heterocycles. The maximum Gasteiger partial charge on any atom is 0.241 e. The second kappa shape index (κ2) is 7.23. The maximum atomic E-state index is 12.1. The van der Waals surface area contributed by atoms with Crippen LogP contribution in [0.4, 0.5) is 5.69 Å². The van der Waals surface area contributed by atoms with E-state index in [0.717, 1.165) is 17.8 Å². The molecule has 1 N–H and O–H groups in total. The molecule has 1 aromatic rings. The third-order valence-electron chi connectivity index (χ3n) is 3.07. The maximum absolute atomic E-state index is 12.1. The number of anilines is 1. The van der Waals surface area contributed by atoms with E-state index in [-0.39, 0.29) is 5.91 Å². The van der Waals surface area contributed by atoms with Crippen LogP contribution in [0, 0.1) is 0 Å². The van der Waals surface area contributed by atoms with Gasteiger partial charge in [0.2, 0.25) is 5.91 Å². The minimum atomic E-state index is 0.0836. The third-order valence-corrected chi connectivity index (χ3v) is 3.07. The van der Waals surface area contributed by atoms with Crippen LogP contribution < -0.4 is 10.2 Å². The Bertz CT molecular complexity index is 423. The second-order valence-electron chi connectivity index (χ2n) is 4.38. The van der Waals surface area contributed by atoms with Crippen molar-refractivity contribution in [3.8, 4) is 0 Å². The summed E-state index contributed by atoms with van der Waals surface area (Å²) in [5.74, 6) is 0.0836. The molecule has 19 heavy (non-hydrogen) atoms. The predicted octanol–water partition coefficient (Wildman–Crippen LogP) is 0.786. The van der Waals surface area contributed by atoms with Crippen LogP contribution in [0.3, 0.4) is 0 Å². The average molecular weight is 264 g/mol. The SMILES string of the molecule is COCCOCCN1C(=O)CNCc2ccccc21. The van der Waals surface area contributed by atoms with E-state index < -0.39 is 0 Å². The molecule has 2 rings (SSSR count). The summed E-state index contributed by atoms with van der Waals surface area (Å²) in [6.07, 6.45) is 0. The van der Waals surface area contributed by atoms with Crippen LogP contribution >= 0.6 is 0 Å². The van der Waals surface area contributed by atoms with E-state index in [0.29, 0.717) is 32.9 Å². The van der Waals surface area contributed by atoms with Crippen LogP contribution in [0.15, 0.2) is 24.3 Å². The quantitative estimate of drug-likeness (QED) is 0.772. The number of methoxy groups -OCH3 is 1. The second-order valence-corrected chi connectivity index (χ2v) is 4.38. The largest absolute Gasteiger partial charge is 0.382 e. The molecule has 5 nitrogen and oxygen atoms in total. The zero-order valence-corrected chi connectivity index (χ0v) is 11.2. The summed E-state index contributed by atoms with van der Waals surface area (Å²) < 4.78 is 10.4. The lowest BCUT2D eigenvalue weighted by atomic mass is 10.1. The van der Waals surface area contributed by atoms with Crippen molar-refractivity contribution in [1.29, 1.82) is 0 Å². The Kier molecular flexibility index (Phi) is 5.32. The molecule has 1 aliphatic rings. The minimum Gasteiger partial charge on any atom is -0.382 e. The van der Waals surface area contributed by atoms with Gasteiger partial charge in [-0.1, -0.05) is 18.2 Å². The van der Waals surface area contributed by atoms with Gasteiger partial charge in [0.25, 0.3) is 0 Å². The number of nitrogens with one attached hydrogen (secondary N) is 1. The molecule has 0 saturated carbocycles. The molecule has 0 aliphatic carbocycles. The van der Waals surface area contributed by atoms with Crippen LogP contribution in [0.1, 0.15) is 5.56 Å². The molecule has 1 aromatic carbocycles. The number of nitrogens with zero attached hydrogens (tertiary/aromatic N) is 1. The van der Waals surface area contributed by atoms with E-state index in [1.54, 1.807) is 12.0 Å². The van der Waals surface area contributed by atoms with Gasteiger partial charge in [-0.2, -0.15) is 0 Å². The van der Waals surface area contributed by atoms with Crippen LogP contribution in [-0.2, 0) is 20.8 Å². The Morgan fingerprint density at radius 1 is 1.21 bits per heavy atom. The van der Waals surface area contributed by atoms with Crippen LogP contribution in [-0.4, -0.2) is 45.9 Å². The molecule has 0 aromatic heterocycles. The number of benzene rings is 1. The first-order chi connectivity index (χ1) is 9.33. The fourth-order valence-corrected chi connectivity index (χ4v) is 2.10. The van der Waals surface area contributed by atoms with Crippen LogP contribution in [0.2, 0.25) is 0 Å². The molecule has 104 valence electrons. The minimum absolute atomic E-state index is 0.0836. The van der Waals surface area contributed by atoms with Crippen molar-refractivity contribution in [2.75, 3.05) is 44.9 Å². The number of fused-ring (bicyclic) bond motifs is 1. The van der Waals surface area contributed by atoms with Gasteiger partial charge in [-0.3, -0.25) is 4.79 Å². The molecule has 0 bridgehead atoms. The number of rotatable bonds is 6. The van der Waals surface area contributed by atoms with Crippen molar-refractivity contribution in [3.05, 3.63) is 29.8 Å². The highest BCUT2D eigenvalue weighted by Gasteiger charge is 2.20. The number of amides is 1. The van der Waals surface area contributed by atoms with Gasteiger partial charge in [0, 0.05) is 25.9 Å². The van der Waals surface area contributed by atoms with Gasteiger partial charge >= 0.3 is 0 Å². The number of carbonyl (C=O) groups is 1. The lowest BCUT2D eigenvalue weighted by Crippen LogP contribution is -2.38. The molecule has 0 radical (unpaired) electrons. The summed E-state index contributed by atoms with van der Waals surface area (Å²) in [6.45, 7) is 3.31. The van der Waals surface area contributed by atoms with Crippen molar-refractivity contribution < 1.29 is 14.3 Å². The zero-order valence-electron chi connectivity index (χ0n) is 11.2. The highest BCUT2D eigenvalue weighted by molar-refractivity contribution is 5.96. The summed E-state index contributed by atoms with van der Waals surface area (Å²) in [5.41, 5.74) is 2.12. The van der Waals surface area contributed by atoms with Crippen molar-refractivity contribution in [1.82, 2.24) is 5.32 Å². The lowest BCUT2D eigenvalue weighted by Gasteiger charge is -2.22. The fourth-order valence-electron chi connectivity index (χ4n) is 2.10. The first kappa shape index (κ1) is 14.0. The van der Waals surface area contributed by atoms with E-state index in [1.165, 1.54) is 0 Å². The van der Waals surface area contributed by atoms with Gasteiger partial charge in [-0.25, -0.2) is 0 Å². The molecule has 0 spiro atoms. The van der Waals surface area contributed by atoms with E-state index >= 15 is 0 Å². The number of hydrogen-bond acceptors (Lipinski definition) is 4. The Morgan fingerprint density at radius 2 is 2.05 bits per heavy atom. The van der Waals surface area contributed by atoms with Crippen molar-refractivity contribution in [3.63, 3.8) is 0 Å². The predicted molar refractivity (Wildman–Crippen MR) is 73.2 cm³/mol. The van der Waals surface area contributed by atoms with E-state index in [4.69, 9.17) is 9.47 Å². The monoisotopic (exact) mass is 264 g/mol. The lowest BCUT2D eigenvalue weighted by molar-refractivity contribution is -0.117. The highest BCUT2D eigenvalue weighted by Crippen LogP contribution is 2.22. The Hall–Kier alpha value is -1.43. The van der Waals surface area contributed by atoms with Gasteiger partial charge < -0.3 is 19.7 Å². The van der Waals surface area contributed by atoms with Gasteiger partial charge in [-0.05, 0) is 11.6 Å². The first-order valence-electron chi connectivity index (χ1n) is 6.48. The number of hydrogen-bond donors (Lipinski definition) is 1. The summed E-state index contributed by atoms with van der Waals surface area (Å²) >= 11 is 0. The Morgan fingerprint density at radius 3 is 2.89 bits per heavy atom. The molecule has 0 saturated heterocycles. The summed E-state index contributed by atoms with van der Waals surface area (Å²) in [4.78, 5) is 13.9. The molecule has 0 atom stereocenters. The molecule has 0 unspecified atom stereocenters. The molecule has 1 amide bonds. The van der Waals surface area contributed by atoms with E-state index in [9.17, 15) is 4.79 Å². The highest BCUT2D eigenvalue weighted by atomic mass is 16.5. The standard InChI is InChI=1S/C14H20N2O3/c1-18-8-9-19-7-6-16-13-5-3-2-4-12(13)10-15-11-14(16)17/h2-5,15H,6-11H2,1H3. The Labute approximate surface area is 113 Å².